The van der Waals surface area contributed by atoms with E-state index in [9.17, 15) is 4.79 Å². The Labute approximate surface area is 178 Å². The number of hydrogen-bond acceptors (Lipinski definition) is 4. The number of aryl methyl sites for hydroxylation is 1. The van der Waals surface area contributed by atoms with Crippen LogP contribution in [0.5, 0.6) is 5.75 Å². The van der Waals surface area contributed by atoms with Gasteiger partial charge in [-0.3, -0.25) is 4.79 Å². The van der Waals surface area contributed by atoms with Crippen LogP contribution in [0.25, 0.3) is 0 Å². The molecule has 0 radical (unpaired) electrons. The molecule has 160 valence electrons. The molecule has 1 N–H and O–H groups in total. The van der Waals surface area contributed by atoms with Crippen molar-refractivity contribution in [2.24, 2.45) is 0 Å². The summed E-state index contributed by atoms with van der Waals surface area (Å²) in [5.41, 5.74) is 3.24. The standard InChI is InChI=1S/C24H31N3O3/c1-5-26(6-2)13-15-30-23-12-8-7-11-22(23)25-24(28)21-16-18(3)27(19(21)4)17-20-10-9-14-29-20/h7-12,14,16H,5-6,13,15,17H2,1-4H3,(H,25,28). The van der Waals surface area contributed by atoms with E-state index in [0.29, 0.717) is 30.2 Å². The van der Waals surface area contributed by atoms with Gasteiger partial charge in [-0.25, -0.2) is 0 Å². The van der Waals surface area contributed by atoms with Crippen LogP contribution in [0.4, 0.5) is 5.69 Å². The molecule has 2 heterocycles. The molecule has 0 saturated heterocycles. The molecule has 1 aromatic carbocycles. The van der Waals surface area contributed by atoms with Crippen LogP contribution in [0.15, 0.2) is 53.1 Å². The minimum absolute atomic E-state index is 0.145. The summed E-state index contributed by atoms with van der Waals surface area (Å²) in [7, 11) is 0. The molecule has 0 aliphatic rings. The van der Waals surface area contributed by atoms with Gasteiger partial charge >= 0.3 is 0 Å². The molecule has 0 saturated carbocycles. The van der Waals surface area contributed by atoms with E-state index in [1.807, 2.05) is 56.3 Å². The fourth-order valence-corrected chi connectivity index (χ4v) is 3.54. The van der Waals surface area contributed by atoms with Crippen LogP contribution in [-0.4, -0.2) is 41.6 Å². The molecule has 0 unspecified atom stereocenters. The third-order valence-corrected chi connectivity index (χ3v) is 5.41. The maximum atomic E-state index is 13.0. The smallest absolute Gasteiger partial charge is 0.257 e. The molecular formula is C24H31N3O3. The molecule has 0 spiro atoms. The molecule has 0 bridgehead atoms. The highest BCUT2D eigenvalue weighted by molar-refractivity contribution is 6.06. The number of aromatic nitrogens is 1. The first-order valence-electron chi connectivity index (χ1n) is 10.5. The Morgan fingerprint density at radius 2 is 1.90 bits per heavy atom. The van der Waals surface area contributed by atoms with Crippen LogP contribution in [-0.2, 0) is 6.54 Å². The number of anilines is 1. The Balaban J connectivity index is 1.71. The first kappa shape index (κ1) is 21.7. The van der Waals surface area contributed by atoms with E-state index in [1.165, 1.54) is 0 Å². The largest absolute Gasteiger partial charge is 0.490 e. The second-order valence-electron chi connectivity index (χ2n) is 7.28. The number of furan rings is 1. The molecule has 3 aromatic rings. The van der Waals surface area contributed by atoms with Gasteiger partial charge in [0.15, 0.2) is 0 Å². The zero-order valence-electron chi connectivity index (χ0n) is 18.3. The predicted octanol–water partition coefficient (Wildman–Crippen LogP) is 4.72. The first-order chi connectivity index (χ1) is 14.5. The minimum Gasteiger partial charge on any atom is -0.490 e. The number of likely N-dealkylation sites (N-methyl/N-ethyl adjacent to an activating group) is 1. The Bertz CT molecular complexity index is 956. The molecule has 6 nitrogen and oxygen atoms in total. The topological polar surface area (TPSA) is 59.6 Å². The lowest BCUT2D eigenvalue weighted by molar-refractivity contribution is 0.102. The highest BCUT2D eigenvalue weighted by atomic mass is 16.5. The summed E-state index contributed by atoms with van der Waals surface area (Å²) < 4.78 is 13.5. The summed E-state index contributed by atoms with van der Waals surface area (Å²) >= 11 is 0. The SMILES string of the molecule is CCN(CC)CCOc1ccccc1NC(=O)c1cc(C)n(Cc2ccco2)c1C. The average molecular weight is 410 g/mol. The minimum atomic E-state index is -0.145. The quantitative estimate of drug-likeness (QED) is 0.526. The van der Waals surface area contributed by atoms with Crippen molar-refractivity contribution in [2.75, 3.05) is 31.6 Å². The Hall–Kier alpha value is -2.99. The Kier molecular flexibility index (Phi) is 7.36. The van der Waals surface area contributed by atoms with E-state index in [1.54, 1.807) is 6.26 Å². The Morgan fingerprint density at radius 3 is 2.60 bits per heavy atom. The normalized spacial score (nSPS) is 11.1. The van der Waals surface area contributed by atoms with Crippen molar-refractivity contribution in [3.8, 4) is 5.75 Å². The highest BCUT2D eigenvalue weighted by Crippen LogP contribution is 2.26. The number of para-hydroxylation sites is 2. The molecule has 0 aliphatic heterocycles. The van der Waals surface area contributed by atoms with Gasteiger partial charge in [-0.2, -0.15) is 0 Å². The number of amides is 1. The van der Waals surface area contributed by atoms with Gasteiger partial charge in [-0.05, 0) is 57.3 Å². The monoisotopic (exact) mass is 409 g/mol. The number of carbonyl (C=O) groups excluding carboxylic acids is 1. The van der Waals surface area contributed by atoms with E-state index in [2.05, 4.69) is 28.6 Å². The van der Waals surface area contributed by atoms with Gasteiger partial charge in [0.2, 0.25) is 0 Å². The van der Waals surface area contributed by atoms with E-state index in [4.69, 9.17) is 9.15 Å². The fourth-order valence-electron chi connectivity index (χ4n) is 3.54. The van der Waals surface area contributed by atoms with Gasteiger partial charge in [0.05, 0.1) is 24.1 Å². The molecule has 3 rings (SSSR count). The summed E-state index contributed by atoms with van der Waals surface area (Å²) in [4.78, 5) is 15.3. The van der Waals surface area contributed by atoms with Crippen LogP contribution >= 0.6 is 0 Å². The van der Waals surface area contributed by atoms with Crippen LogP contribution in [0, 0.1) is 13.8 Å². The number of benzene rings is 1. The first-order valence-corrected chi connectivity index (χ1v) is 10.5. The van der Waals surface area contributed by atoms with E-state index < -0.39 is 0 Å². The van der Waals surface area contributed by atoms with E-state index in [0.717, 1.165) is 36.8 Å². The van der Waals surface area contributed by atoms with Gasteiger partial charge in [-0.1, -0.05) is 26.0 Å². The maximum absolute atomic E-state index is 13.0. The number of ether oxygens (including phenoxy) is 1. The lowest BCUT2D eigenvalue weighted by Gasteiger charge is -2.19. The lowest BCUT2D eigenvalue weighted by Crippen LogP contribution is -2.28. The second-order valence-corrected chi connectivity index (χ2v) is 7.28. The highest BCUT2D eigenvalue weighted by Gasteiger charge is 2.18. The summed E-state index contributed by atoms with van der Waals surface area (Å²) in [6.07, 6.45) is 1.66. The van der Waals surface area contributed by atoms with Crippen molar-refractivity contribution in [3.63, 3.8) is 0 Å². The Morgan fingerprint density at radius 1 is 1.13 bits per heavy atom. The average Bonchev–Trinajstić information content (AvgIpc) is 3.36. The number of rotatable bonds is 10. The molecule has 1 amide bonds. The number of nitrogens with zero attached hydrogens (tertiary/aromatic N) is 2. The number of hydrogen-bond donors (Lipinski definition) is 1. The molecule has 0 atom stereocenters. The lowest BCUT2D eigenvalue weighted by atomic mass is 10.2. The zero-order chi connectivity index (χ0) is 21.5. The summed E-state index contributed by atoms with van der Waals surface area (Å²) in [5, 5.41) is 3.02. The molecule has 30 heavy (non-hydrogen) atoms. The van der Waals surface area contributed by atoms with Crippen LogP contribution in [0.1, 0.15) is 41.4 Å². The summed E-state index contributed by atoms with van der Waals surface area (Å²) in [6.45, 7) is 12.2. The third kappa shape index (κ3) is 5.13. The van der Waals surface area contributed by atoms with Crippen molar-refractivity contribution in [3.05, 3.63) is 71.4 Å². The van der Waals surface area contributed by atoms with Gasteiger partial charge in [-0.15, -0.1) is 0 Å². The fraction of sp³-hybridized carbons (Fsp3) is 0.375. The van der Waals surface area contributed by atoms with Crippen molar-refractivity contribution in [1.29, 1.82) is 0 Å². The van der Waals surface area contributed by atoms with Gasteiger partial charge in [0.25, 0.3) is 5.91 Å². The maximum Gasteiger partial charge on any atom is 0.257 e. The van der Waals surface area contributed by atoms with Crippen molar-refractivity contribution in [2.45, 2.75) is 34.2 Å². The van der Waals surface area contributed by atoms with Crippen LogP contribution in [0.2, 0.25) is 0 Å². The molecule has 0 aliphatic carbocycles. The molecule has 0 fully saturated rings. The number of carbonyl (C=O) groups is 1. The van der Waals surface area contributed by atoms with Gasteiger partial charge in [0, 0.05) is 17.9 Å². The second kappa shape index (κ2) is 10.2. The zero-order valence-corrected chi connectivity index (χ0v) is 18.3. The predicted molar refractivity (Wildman–Crippen MR) is 119 cm³/mol. The molecule has 2 aromatic heterocycles. The molecule has 6 heteroatoms. The number of nitrogens with one attached hydrogen (secondary N) is 1. The van der Waals surface area contributed by atoms with Crippen molar-refractivity contribution < 1.29 is 13.9 Å². The van der Waals surface area contributed by atoms with Crippen molar-refractivity contribution in [1.82, 2.24) is 9.47 Å². The van der Waals surface area contributed by atoms with Gasteiger partial charge in [0.1, 0.15) is 18.1 Å². The van der Waals surface area contributed by atoms with E-state index >= 15 is 0 Å². The van der Waals surface area contributed by atoms with E-state index in [-0.39, 0.29) is 5.91 Å². The van der Waals surface area contributed by atoms with Crippen LogP contribution in [0.3, 0.4) is 0 Å². The molecular weight excluding hydrogens is 378 g/mol. The van der Waals surface area contributed by atoms with Crippen LogP contribution < -0.4 is 10.1 Å². The van der Waals surface area contributed by atoms with Crippen molar-refractivity contribution >= 4 is 11.6 Å². The summed E-state index contributed by atoms with van der Waals surface area (Å²) in [6, 6.07) is 13.3. The summed E-state index contributed by atoms with van der Waals surface area (Å²) in [5.74, 6) is 1.40. The van der Waals surface area contributed by atoms with Gasteiger partial charge < -0.3 is 23.9 Å². The third-order valence-electron chi connectivity index (χ3n) is 5.41.